The third kappa shape index (κ3) is 3.24. The number of hydrogen-bond acceptors (Lipinski definition) is 10. The minimum atomic E-state index is -2.92. The molecule has 0 aromatic heterocycles. The summed E-state index contributed by atoms with van der Waals surface area (Å²) in [4.78, 5) is 55.4. The van der Waals surface area contributed by atoms with Gasteiger partial charge in [-0.05, 0) is 50.4 Å². The molecular weight excluding hydrogens is 520 g/mol. The predicted molar refractivity (Wildman–Crippen MR) is 138 cm³/mol. The van der Waals surface area contributed by atoms with Gasteiger partial charge in [0.25, 0.3) is 5.91 Å². The molecule has 1 heterocycles. The molecular formula is C29H32N2O9. The number of hydrogen-bond donors (Lipinski definition) is 5. The lowest BCUT2D eigenvalue weighted by atomic mass is 9.53. The van der Waals surface area contributed by atoms with Gasteiger partial charge in [0.05, 0.1) is 23.4 Å². The number of aliphatic hydroxyl groups excluding tert-OH is 2. The molecule has 0 bridgehead atoms. The standard InChI is InChI=1S/C29H32N2O9/c1-31(2)21-20-24-17-15(11-7-4-3-5-8-12(11)28(38)40-24)13-9-6-10-14(32)16(13)22(33)18(17)25(35)29(20,39)26(36)19(23(21)34)27(30)37/h6,9-12,15,17,20-21,24,32,34-35,39H,3-5,7-8H2,1-2H3,(H2,30,37)/t11?,12?,15-,17+,20+,21-,24-,29-/m0/s1. The fourth-order valence-corrected chi connectivity index (χ4v) is 8.22. The van der Waals surface area contributed by atoms with Crippen LogP contribution in [0.2, 0.25) is 0 Å². The van der Waals surface area contributed by atoms with E-state index in [1.165, 1.54) is 25.1 Å². The first-order valence-electron chi connectivity index (χ1n) is 13.6. The maximum Gasteiger partial charge on any atom is 0.309 e. The average Bonchev–Trinajstić information content (AvgIpc) is 3.19. The summed E-state index contributed by atoms with van der Waals surface area (Å²) in [5, 5.41) is 45.9. The monoisotopic (exact) mass is 552 g/mol. The van der Waals surface area contributed by atoms with Gasteiger partial charge in [-0.3, -0.25) is 24.1 Å². The zero-order valence-corrected chi connectivity index (χ0v) is 22.2. The van der Waals surface area contributed by atoms with Crippen molar-refractivity contribution in [3.63, 3.8) is 0 Å². The van der Waals surface area contributed by atoms with Gasteiger partial charge in [0.2, 0.25) is 5.78 Å². The molecule has 1 saturated carbocycles. The molecule has 212 valence electrons. The summed E-state index contributed by atoms with van der Waals surface area (Å²) < 4.78 is 6.14. The molecule has 8 atom stereocenters. The second-order valence-corrected chi connectivity index (χ2v) is 11.8. The lowest BCUT2D eigenvalue weighted by Crippen LogP contribution is -2.69. The van der Waals surface area contributed by atoms with Crippen molar-refractivity contribution in [3.8, 4) is 5.75 Å². The summed E-state index contributed by atoms with van der Waals surface area (Å²) in [6.45, 7) is 0. The molecule has 11 heteroatoms. The summed E-state index contributed by atoms with van der Waals surface area (Å²) in [5.74, 6) is -9.98. The van der Waals surface area contributed by atoms with Gasteiger partial charge in [0.1, 0.15) is 28.9 Å². The Bertz CT molecular complexity index is 1430. The van der Waals surface area contributed by atoms with E-state index in [1.807, 2.05) is 0 Å². The zero-order valence-electron chi connectivity index (χ0n) is 22.2. The first-order chi connectivity index (χ1) is 18.9. The number of benzene rings is 1. The molecule has 2 unspecified atom stereocenters. The SMILES string of the molecule is CN(C)[C@@H]1C(O)=C(C(N)=O)C(=O)[C@@]2(O)C(O)=C3C(=O)c4c(O)cccc4[C@@H]4C5CCCCCC5C(=O)O[C@@H]([C@@H]34)[C@@H]12. The smallest absolute Gasteiger partial charge is 0.309 e. The van der Waals surface area contributed by atoms with Crippen molar-refractivity contribution >= 4 is 23.4 Å². The maximum atomic E-state index is 14.0. The van der Waals surface area contributed by atoms with Crippen LogP contribution < -0.4 is 5.73 Å². The number of primary amides is 1. The van der Waals surface area contributed by atoms with Crippen LogP contribution in [0.4, 0.5) is 0 Å². The number of rotatable bonds is 2. The van der Waals surface area contributed by atoms with E-state index in [9.17, 15) is 39.6 Å². The lowest BCUT2D eigenvalue weighted by Gasteiger charge is -2.54. The van der Waals surface area contributed by atoms with Gasteiger partial charge >= 0.3 is 5.97 Å². The number of phenolic OH excluding ortho intramolecular Hbond substituents is 1. The maximum absolute atomic E-state index is 14.0. The van der Waals surface area contributed by atoms with Crippen LogP contribution in [-0.4, -0.2) is 80.6 Å². The van der Waals surface area contributed by atoms with Crippen LogP contribution in [0.15, 0.2) is 40.9 Å². The number of Topliss-reactive ketones (excluding diaryl/α,β-unsaturated/α-hetero) is 2. The average molecular weight is 553 g/mol. The number of likely N-dealkylation sites (N-methyl/N-ethyl adjacent to an activating group) is 1. The molecule has 1 aromatic carbocycles. The summed E-state index contributed by atoms with van der Waals surface area (Å²) in [7, 11) is 3.07. The summed E-state index contributed by atoms with van der Waals surface area (Å²) in [5.41, 5.74) is 1.71. The van der Waals surface area contributed by atoms with E-state index in [2.05, 4.69) is 0 Å². The van der Waals surface area contributed by atoms with Crippen molar-refractivity contribution < 1.29 is 44.3 Å². The number of aromatic hydroxyl groups is 1. The summed E-state index contributed by atoms with van der Waals surface area (Å²) >= 11 is 0. The van der Waals surface area contributed by atoms with Gasteiger partial charge in [-0.25, -0.2) is 0 Å². The number of carbonyl (C=O) groups is 4. The molecule has 0 spiro atoms. The van der Waals surface area contributed by atoms with Gasteiger partial charge in [-0.1, -0.05) is 31.4 Å². The molecule has 1 aromatic rings. The Kier molecular flexibility index (Phi) is 5.90. The first kappa shape index (κ1) is 26.5. The number of carbonyl (C=O) groups excluding carboxylic acids is 4. The number of phenols is 1. The van der Waals surface area contributed by atoms with Crippen molar-refractivity contribution in [1.82, 2.24) is 4.90 Å². The van der Waals surface area contributed by atoms with Gasteiger partial charge < -0.3 is 30.9 Å². The van der Waals surface area contributed by atoms with E-state index in [-0.39, 0.29) is 22.8 Å². The number of aliphatic hydroxyl groups is 3. The summed E-state index contributed by atoms with van der Waals surface area (Å²) in [6, 6.07) is 3.40. The topological polar surface area (TPSA) is 188 Å². The molecule has 5 aliphatic rings. The highest BCUT2D eigenvalue weighted by Crippen LogP contribution is 2.61. The first-order valence-corrected chi connectivity index (χ1v) is 13.6. The Morgan fingerprint density at radius 2 is 1.75 bits per heavy atom. The Morgan fingerprint density at radius 1 is 1.05 bits per heavy atom. The lowest BCUT2D eigenvalue weighted by molar-refractivity contribution is -0.180. The van der Waals surface area contributed by atoms with E-state index in [0.717, 1.165) is 19.3 Å². The van der Waals surface area contributed by atoms with Crippen LogP contribution in [0.5, 0.6) is 5.75 Å². The normalized spacial score (nSPS) is 37.1. The molecule has 40 heavy (non-hydrogen) atoms. The quantitative estimate of drug-likeness (QED) is 0.265. The third-order valence-electron chi connectivity index (χ3n) is 9.77. The number of nitrogens with two attached hydrogens (primary N) is 1. The Morgan fingerprint density at radius 3 is 2.42 bits per heavy atom. The van der Waals surface area contributed by atoms with E-state index >= 15 is 0 Å². The molecule has 1 aliphatic heterocycles. The van der Waals surface area contributed by atoms with E-state index in [4.69, 9.17) is 10.5 Å². The minimum absolute atomic E-state index is 0.0654. The van der Waals surface area contributed by atoms with Crippen molar-refractivity contribution in [2.75, 3.05) is 14.1 Å². The predicted octanol–water partition coefficient (Wildman–Crippen LogP) is 1.39. The van der Waals surface area contributed by atoms with Crippen LogP contribution in [0, 0.1) is 23.7 Å². The molecule has 1 saturated heterocycles. The largest absolute Gasteiger partial charge is 0.510 e. The molecule has 2 fully saturated rings. The molecule has 1 amide bonds. The zero-order chi connectivity index (χ0) is 28.8. The second kappa shape index (κ2) is 8.90. The van der Waals surface area contributed by atoms with Crippen molar-refractivity contribution in [3.05, 3.63) is 52.0 Å². The Labute approximate surface area is 229 Å². The minimum Gasteiger partial charge on any atom is -0.510 e. The number of nitrogens with zero attached hydrogens (tertiary/aromatic N) is 1. The third-order valence-corrected chi connectivity index (χ3v) is 9.77. The highest BCUT2D eigenvalue weighted by atomic mass is 16.5. The van der Waals surface area contributed by atoms with Gasteiger partial charge in [-0.15, -0.1) is 0 Å². The van der Waals surface area contributed by atoms with E-state index < -0.39 is 82.0 Å². The highest BCUT2D eigenvalue weighted by molar-refractivity contribution is 6.25. The summed E-state index contributed by atoms with van der Waals surface area (Å²) in [6.07, 6.45) is 2.35. The molecule has 6 N–H and O–H groups in total. The number of esters is 1. The van der Waals surface area contributed by atoms with Crippen molar-refractivity contribution in [2.24, 2.45) is 29.4 Å². The van der Waals surface area contributed by atoms with Crippen LogP contribution in [-0.2, 0) is 19.1 Å². The van der Waals surface area contributed by atoms with Crippen LogP contribution in [0.25, 0.3) is 0 Å². The number of fused-ring (bicyclic) bond motifs is 6. The Hall–Kier alpha value is -3.70. The fourth-order valence-electron chi connectivity index (χ4n) is 8.22. The Balaban J connectivity index is 1.71. The molecule has 11 nitrogen and oxygen atoms in total. The van der Waals surface area contributed by atoms with Gasteiger partial charge in [0.15, 0.2) is 11.4 Å². The van der Waals surface area contributed by atoms with Gasteiger partial charge in [0, 0.05) is 11.5 Å². The highest BCUT2D eigenvalue weighted by Gasteiger charge is 2.70. The van der Waals surface area contributed by atoms with E-state index in [1.54, 1.807) is 12.1 Å². The van der Waals surface area contributed by atoms with Gasteiger partial charge in [-0.2, -0.15) is 0 Å². The van der Waals surface area contributed by atoms with Crippen LogP contribution >= 0.6 is 0 Å². The molecule has 6 rings (SSSR count). The van der Waals surface area contributed by atoms with Crippen molar-refractivity contribution in [1.29, 1.82) is 0 Å². The number of ketones is 2. The van der Waals surface area contributed by atoms with Crippen LogP contribution in [0.1, 0.15) is 53.9 Å². The van der Waals surface area contributed by atoms with E-state index in [0.29, 0.717) is 18.4 Å². The van der Waals surface area contributed by atoms with Crippen molar-refractivity contribution in [2.45, 2.75) is 55.8 Å². The fraction of sp³-hybridized carbons (Fsp3) is 0.517. The number of ether oxygens (including phenoxy) is 1. The molecule has 0 radical (unpaired) electrons. The molecule has 4 aliphatic carbocycles. The van der Waals surface area contributed by atoms with Crippen LogP contribution in [0.3, 0.4) is 0 Å². The second-order valence-electron chi connectivity index (χ2n) is 11.8. The number of amides is 1.